The molecular formula is C9H11N7O2. The molecule has 0 aromatic carbocycles. The number of aryl methyl sites for hydroxylation is 2. The van der Waals surface area contributed by atoms with Crippen molar-refractivity contribution in [2.24, 2.45) is 10.3 Å². The van der Waals surface area contributed by atoms with E-state index < -0.39 is 0 Å². The molecule has 0 amide bonds. The Bertz CT molecular complexity index is 559. The van der Waals surface area contributed by atoms with Crippen molar-refractivity contribution in [1.29, 1.82) is 0 Å². The van der Waals surface area contributed by atoms with Crippen LogP contribution in [0.15, 0.2) is 32.3 Å². The van der Waals surface area contributed by atoms with Gasteiger partial charge in [-0.1, -0.05) is 21.6 Å². The van der Waals surface area contributed by atoms with Gasteiger partial charge in [-0.15, -0.1) is 11.7 Å². The number of nitrogens with zero attached hydrogens (tertiary/aromatic N) is 7. The Hall–Kier alpha value is -2.58. The van der Waals surface area contributed by atoms with Gasteiger partial charge in [0.1, 0.15) is 11.4 Å². The summed E-state index contributed by atoms with van der Waals surface area (Å²) in [6, 6.07) is 0. The Morgan fingerprint density at radius 2 is 1.89 bits per heavy atom. The van der Waals surface area contributed by atoms with Crippen molar-refractivity contribution in [1.82, 2.24) is 20.6 Å². The molecule has 94 valence electrons. The number of hydrogen-bond acceptors (Lipinski definition) is 8. The second-order valence-electron chi connectivity index (χ2n) is 3.41. The van der Waals surface area contributed by atoms with Gasteiger partial charge in [0.2, 0.25) is 11.6 Å². The van der Waals surface area contributed by atoms with Crippen LogP contribution in [0.2, 0.25) is 0 Å². The third-order valence-electron chi connectivity index (χ3n) is 2.05. The minimum absolute atomic E-state index is 0.304. The molecule has 18 heavy (non-hydrogen) atoms. The quantitative estimate of drug-likeness (QED) is 0.451. The first-order valence-electron chi connectivity index (χ1n) is 5.10. The standard InChI is InChI=1S/C9H11N7O2/c1-4-5-16(9-7(3)12-18-14-9)15-10-8-6(2)11-17-13-8/h4H,1,5H2,2-3H3. The fraction of sp³-hybridized carbons (Fsp3) is 0.333. The molecule has 0 unspecified atom stereocenters. The highest BCUT2D eigenvalue weighted by Gasteiger charge is 2.13. The molecule has 0 aliphatic rings. The summed E-state index contributed by atoms with van der Waals surface area (Å²) in [5.41, 5.74) is 1.15. The second-order valence-corrected chi connectivity index (χ2v) is 3.41. The third kappa shape index (κ3) is 2.39. The number of aromatic nitrogens is 4. The zero-order valence-electron chi connectivity index (χ0n) is 9.94. The molecule has 2 aromatic rings. The Balaban J connectivity index is 2.22. The lowest BCUT2D eigenvalue weighted by Crippen LogP contribution is -2.16. The van der Waals surface area contributed by atoms with E-state index >= 15 is 0 Å². The topological polar surface area (TPSA) is 106 Å². The Morgan fingerprint density at radius 1 is 1.17 bits per heavy atom. The van der Waals surface area contributed by atoms with E-state index in [1.165, 1.54) is 5.01 Å². The minimum atomic E-state index is 0.304. The van der Waals surface area contributed by atoms with Crippen molar-refractivity contribution in [3.05, 3.63) is 24.0 Å². The van der Waals surface area contributed by atoms with Gasteiger partial charge in [-0.3, -0.25) is 0 Å². The van der Waals surface area contributed by atoms with Crippen LogP contribution < -0.4 is 5.01 Å². The monoisotopic (exact) mass is 249 g/mol. The van der Waals surface area contributed by atoms with E-state index in [9.17, 15) is 0 Å². The molecule has 2 aromatic heterocycles. The molecule has 0 atom stereocenters. The number of hydrogen-bond donors (Lipinski definition) is 0. The lowest BCUT2D eigenvalue weighted by Gasteiger charge is -2.10. The molecule has 0 saturated carbocycles. The summed E-state index contributed by atoms with van der Waals surface area (Å²) in [6.45, 7) is 7.50. The third-order valence-corrected chi connectivity index (χ3v) is 2.05. The summed E-state index contributed by atoms with van der Waals surface area (Å²) in [4.78, 5) is 0. The molecule has 2 rings (SSSR count). The number of anilines is 1. The van der Waals surface area contributed by atoms with Gasteiger partial charge in [0.25, 0.3) is 0 Å². The first-order valence-corrected chi connectivity index (χ1v) is 5.10. The summed E-state index contributed by atoms with van der Waals surface area (Å²) >= 11 is 0. The maximum atomic E-state index is 4.61. The lowest BCUT2D eigenvalue weighted by molar-refractivity contribution is 0.304. The first-order chi connectivity index (χ1) is 8.72. The fourth-order valence-electron chi connectivity index (χ4n) is 1.16. The van der Waals surface area contributed by atoms with Crippen LogP contribution in [-0.4, -0.2) is 27.2 Å². The van der Waals surface area contributed by atoms with E-state index in [4.69, 9.17) is 0 Å². The van der Waals surface area contributed by atoms with Crippen molar-refractivity contribution >= 4 is 11.6 Å². The average molecular weight is 249 g/mol. The van der Waals surface area contributed by atoms with Gasteiger partial charge in [0.05, 0.1) is 6.54 Å². The van der Waals surface area contributed by atoms with Crippen molar-refractivity contribution in [2.45, 2.75) is 13.8 Å². The van der Waals surface area contributed by atoms with Gasteiger partial charge in [-0.05, 0) is 24.2 Å². The molecule has 9 nitrogen and oxygen atoms in total. The van der Waals surface area contributed by atoms with Gasteiger partial charge in [0, 0.05) is 0 Å². The van der Waals surface area contributed by atoms with Gasteiger partial charge >= 0.3 is 0 Å². The van der Waals surface area contributed by atoms with Crippen LogP contribution in [0.4, 0.5) is 11.6 Å². The molecule has 0 fully saturated rings. The van der Waals surface area contributed by atoms with Crippen LogP contribution in [0, 0.1) is 13.8 Å². The van der Waals surface area contributed by atoms with Crippen LogP contribution >= 0.6 is 0 Å². The van der Waals surface area contributed by atoms with Crippen LogP contribution in [-0.2, 0) is 0 Å². The molecule has 0 aliphatic heterocycles. The highest BCUT2D eigenvalue weighted by molar-refractivity contribution is 5.40. The van der Waals surface area contributed by atoms with Crippen LogP contribution in [0.3, 0.4) is 0 Å². The Labute approximate surface area is 102 Å². The van der Waals surface area contributed by atoms with E-state index in [0.29, 0.717) is 29.6 Å². The second kappa shape index (κ2) is 5.17. The molecule has 0 N–H and O–H groups in total. The van der Waals surface area contributed by atoms with Gasteiger partial charge < -0.3 is 0 Å². The van der Waals surface area contributed by atoms with Gasteiger partial charge in [0.15, 0.2) is 0 Å². The molecule has 0 saturated heterocycles. The van der Waals surface area contributed by atoms with Crippen molar-refractivity contribution in [3.63, 3.8) is 0 Å². The summed E-state index contributed by atoms with van der Waals surface area (Å²) in [5, 5.41) is 24.0. The maximum Gasteiger partial charge on any atom is 0.242 e. The molecule has 0 radical (unpaired) electrons. The maximum absolute atomic E-state index is 4.61. The smallest absolute Gasteiger partial charge is 0.242 e. The molecule has 0 bridgehead atoms. The van der Waals surface area contributed by atoms with Gasteiger partial charge in [-0.25, -0.2) is 14.3 Å². The fourth-order valence-corrected chi connectivity index (χ4v) is 1.16. The molecule has 0 aliphatic carbocycles. The van der Waals surface area contributed by atoms with Crippen LogP contribution in [0.1, 0.15) is 11.4 Å². The molecule has 9 heteroatoms. The van der Waals surface area contributed by atoms with Gasteiger partial charge in [-0.2, -0.15) is 0 Å². The highest BCUT2D eigenvalue weighted by Crippen LogP contribution is 2.18. The van der Waals surface area contributed by atoms with E-state index in [1.807, 2.05) is 0 Å². The zero-order valence-corrected chi connectivity index (χ0v) is 9.94. The van der Waals surface area contributed by atoms with E-state index in [2.05, 4.69) is 46.8 Å². The summed E-state index contributed by atoms with van der Waals surface area (Å²) in [7, 11) is 0. The molecule has 2 heterocycles. The Kier molecular flexibility index (Phi) is 3.41. The SMILES string of the molecule is C=CCN(N=Nc1nonc1C)c1nonc1C. The summed E-state index contributed by atoms with van der Waals surface area (Å²) in [6.07, 6.45) is 1.65. The van der Waals surface area contributed by atoms with Crippen molar-refractivity contribution in [3.8, 4) is 0 Å². The number of rotatable bonds is 5. The molecular weight excluding hydrogens is 238 g/mol. The average Bonchev–Trinajstić information content (AvgIpc) is 2.94. The van der Waals surface area contributed by atoms with E-state index in [-0.39, 0.29) is 0 Å². The summed E-state index contributed by atoms with van der Waals surface area (Å²) in [5.74, 6) is 0.769. The van der Waals surface area contributed by atoms with Crippen LogP contribution in [0.5, 0.6) is 0 Å². The first kappa shape index (κ1) is 11.9. The normalized spacial score (nSPS) is 11.0. The lowest BCUT2D eigenvalue weighted by atomic mass is 10.4. The van der Waals surface area contributed by atoms with Crippen LogP contribution in [0.25, 0.3) is 0 Å². The Morgan fingerprint density at radius 3 is 2.44 bits per heavy atom. The van der Waals surface area contributed by atoms with Crippen molar-refractivity contribution < 1.29 is 9.26 Å². The van der Waals surface area contributed by atoms with E-state index in [1.54, 1.807) is 19.9 Å². The van der Waals surface area contributed by atoms with Crippen molar-refractivity contribution in [2.75, 3.05) is 11.6 Å². The predicted octanol–water partition coefficient (Wildman–Crippen LogP) is 1.76. The minimum Gasteiger partial charge on any atom is -0.242 e. The highest BCUT2D eigenvalue weighted by atomic mass is 16.6. The predicted molar refractivity (Wildman–Crippen MR) is 60.1 cm³/mol. The van der Waals surface area contributed by atoms with E-state index in [0.717, 1.165) is 0 Å². The zero-order chi connectivity index (χ0) is 13.0. The largest absolute Gasteiger partial charge is 0.242 e. The summed E-state index contributed by atoms with van der Waals surface area (Å²) < 4.78 is 9.12. The molecule has 0 spiro atoms.